The first-order valence-corrected chi connectivity index (χ1v) is 5.22. The zero-order valence-corrected chi connectivity index (χ0v) is 11.2. The summed E-state index contributed by atoms with van der Waals surface area (Å²) in [6, 6.07) is 5.93. The van der Waals surface area contributed by atoms with Gasteiger partial charge in [0.25, 0.3) is 0 Å². The highest BCUT2D eigenvalue weighted by Gasteiger charge is 2.04. The third-order valence-electron chi connectivity index (χ3n) is 2.26. The number of carbonyl (C=O) groups excluding carboxylic acids is 1. The number of carbonyl (C=O) groups is 1. The summed E-state index contributed by atoms with van der Waals surface area (Å²) in [7, 11) is 3.37. The van der Waals surface area contributed by atoms with Gasteiger partial charge in [0, 0.05) is 12.1 Å². The summed E-state index contributed by atoms with van der Waals surface area (Å²) < 4.78 is 5.25. The maximum absolute atomic E-state index is 11.3. The number of rotatable bonds is 5. The Kier molecular flexibility index (Phi) is 7.34. The van der Waals surface area contributed by atoms with Crippen LogP contribution in [0.15, 0.2) is 18.2 Å². The van der Waals surface area contributed by atoms with E-state index in [2.05, 4.69) is 10.6 Å². The molecule has 0 bridgehead atoms. The number of methoxy groups -OCH3 is 1. The van der Waals surface area contributed by atoms with Crippen LogP contribution in [0.3, 0.4) is 0 Å². The van der Waals surface area contributed by atoms with Crippen LogP contribution in [0.4, 0.5) is 0 Å². The molecular formula is C12H19ClN2O2. The van der Waals surface area contributed by atoms with Crippen molar-refractivity contribution < 1.29 is 9.53 Å². The zero-order valence-electron chi connectivity index (χ0n) is 10.4. The maximum atomic E-state index is 11.3. The van der Waals surface area contributed by atoms with Crippen molar-refractivity contribution in [2.75, 3.05) is 20.7 Å². The number of aryl methyl sites for hydroxylation is 1. The van der Waals surface area contributed by atoms with Gasteiger partial charge in [-0.3, -0.25) is 4.79 Å². The van der Waals surface area contributed by atoms with Gasteiger partial charge < -0.3 is 15.4 Å². The predicted octanol–water partition coefficient (Wildman–Crippen LogP) is 1.26. The summed E-state index contributed by atoms with van der Waals surface area (Å²) >= 11 is 0. The first-order valence-electron chi connectivity index (χ1n) is 5.22. The van der Waals surface area contributed by atoms with Crippen LogP contribution >= 0.6 is 12.4 Å². The van der Waals surface area contributed by atoms with Crippen LogP contribution in [0.1, 0.15) is 11.1 Å². The van der Waals surface area contributed by atoms with Crippen LogP contribution in [0.2, 0.25) is 0 Å². The molecule has 1 amide bonds. The SMILES string of the molecule is CNCC(=O)NCc1ccc(C)cc1OC.Cl. The van der Waals surface area contributed by atoms with Gasteiger partial charge in [-0.2, -0.15) is 0 Å². The predicted molar refractivity (Wildman–Crippen MR) is 70.8 cm³/mol. The van der Waals surface area contributed by atoms with Crippen LogP contribution in [0.5, 0.6) is 5.75 Å². The minimum atomic E-state index is -0.0230. The smallest absolute Gasteiger partial charge is 0.234 e. The fourth-order valence-electron chi connectivity index (χ4n) is 1.41. The number of likely N-dealkylation sites (N-methyl/N-ethyl adjacent to an activating group) is 1. The summed E-state index contributed by atoms with van der Waals surface area (Å²) in [4.78, 5) is 11.3. The lowest BCUT2D eigenvalue weighted by molar-refractivity contribution is -0.120. The second kappa shape index (κ2) is 7.92. The van der Waals surface area contributed by atoms with Gasteiger partial charge in [-0.15, -0.1) is 12.4 Å². The fourth-order valence-corrected chi connectivity index (χ4v) is 1.41. The van der Waals surface area contributed by atoms with Gasteiger partial charge in [0.1, 0.15) is 5.75 Å². The van der Waals surface area contributed by atoms with Gasteiger partial charge in [0.2, 0.25) is 5.91 Å². The average molecular weight is 259 g/mol. The van der Waals surface area contributed by atoms with E-state index in [9.17, 15) is 4.79 Å². The quantitative estimate of drug-likeness (QED) is 0.836. The lowest BCUT2D eigenvalue weighted by atomic mass is 10.1. The largest absolute Gasteiger partial charge is 0.496 e. The fraction of sp³-hybridized carbons (Fsp3) is 0.417. The van der Waals surface area contributed by atoms with Gasteiger partial charge in [-0.1, -0.05) is 12.1 Å². The maximum Gasteiger partial charge on any atom is 0.234 e. The van der Waals surface area contributed by atoms with E-state index in [4.69, 9.17) is 4.74 Å². The van der Waals surface area contributed by atoms with Crippen LogP contribution in [0.25, 0.3) is 0 Å². The van der Waals surface area contributed by atoms with E-state index in [1.807, 2.05) is 25.1 Å². The molecule has 4 nitrogen and oxygen atoms in total. The number of hydrogen-bond acceptors (Lipinski definition) is 3. The minimum Gasteiger partial charge on any atom is -0.496 e. The van der Waals surface area contributed by atoms with E-state index in [-0.39, 0.29) is 18.3 Å². The molecule has 0 radical (unpaired) electrons. The number of halogens is 1. The molecule has 0 unspecified atom stereocenters. The van der Waals surface area contributed by atoms with E-state index in [0.717, 1.165) is 16.9 Å². The molecule has 0 saturated carbocycles. The summed E-state index contributed by atoms with van der Waals surface area (Å²) in [6.45, 7) is 2.82. The summed E-state index contributed by atoms with van der Waals surface area (Å²) in [5.41, 5.74) is 2.12. The van der Waals surface area contributed by atoms with E-state index in [1.165, 1.54) is 0 Å². The number of benzene rings is 1. The molecule has 0 fully saturated rings. The lowest BCUT2D eigenvalue weighted by Crippen LogP contribution is -2.31. The molecule has 0 spiro atoms. The minimum absolute atomic E-state index is 0. The molecule has 0 aliphatic heterocycles. The van der Waals surface area contributed by atoms with Crippen molar-refractivity contribution in [3.63, 3.8) is 0 Å². The highest BCUT2D eigenvalue weighted by atomic mass is 35.5. The Bertz CT molecular complexity index is 370. The van der Waals surface area contributed by atoms with Crippen LogP contribution < -0.4 is 15.4 Å². The molecule has 0 aromatic heterocycles. The molecular weight excluding hydrogens is 240 g/mol. The van der Waals surface area contributed by atoms with Crippen molar-refractivity contribution in [1.29, 1.82) is 0 Å². The number of nitrogens with one attached hydrogen (secondary N) is 2. The van der Waals surface area contributed by atoms with Crippen molar-refractivity contribution in [3.05, 3.63) is 29.3 Å². The summed E-state index contributed by atoms with van der Waals surface area (Å²) in [6.07, 6.45) is 0. The normalized spacial score (nSPS) is 9.35. The molecule has 5 heteroatoms. The van der Waals surface area contributed by atoms with Crippen LogP contribution in [-0.4, -0.2) is 26.6 Å². The Hall–Kier alpha value is -1.26. The van der Waals surface area contributed by atoms with E-state index in [1.54, 1.807) is 14.2 Å². The third kappa shape index (κ3) is 5.06. The average Bonchev–Trinajstić information content (AvgIpc) is 2.27. The molecule has 96 valence electrons. The second-order valence-electron chi connectivity index (χ2n) is 3.62. The Morgan fingerprint density at radius 3 is 2.71 bits per heavy atom. The van der Waals surface area contributed by atoms with Crippen molar-refractivity contribution in [3.8, 4) is 5.75 Å². The van der Waals surface area contributed by atoms with Gasteiger partial charge in [-0.05, 0) is 25.6 Å². The summed E-state index contributed by atoms with van der Waals surface area (Å²) in [5, 5.41) is 5.61. The molecule has 1 rings (SSSR count). The van der Waals surface area contributed by atoms with Crippen molar-refractivity contribution in [2.45, 2.75) is 13.5 Å². The molecule has 0 heterocycles. The monoisotopic (exact) mass is 258 g/mol. The van der Waals surface area contributed by atoms with Crippen molar-refractivity contribution in [2.24, 2.45) is 0 Å². The molecule has 0 aliphatic carbocycles. The van der Waals surface area contributed by atoms with Crippen molar-refractivity contribution in [1.82, 2.24) is 10.6 Å². The van der Waals surface area contributed by atoms with E-state index in [0.29, 0.717) is 13.1 Å². The molecule has 0 aliphatic rings. The molecule has 1 aromatic carbocycles. The van der Waals surface area contributed by atoms with Gasteiger partial charge in [-0.25, -0.2) is 0 Å². The Balaban J connectivity index is 0.00000256. The first kappa shape index (κ1) is 15.7. The molecule has 1 aromatic rings. The first-order chi connectivity index (χ1) is 7.67. The highest BCUT2D eigenvalue weighted by molar-refractivity contribution is 5.85. The number of ether oxygens (including phenoxy) is 1. The van der Waals surface area contributed by atoms with Gasteiger partial charge in [0.05, 0.1) is 13.7 Å². The number of amides is 1. The van der Waals surface area contributed by atoms with Crippen LogP contribution in [0, 0.1) is 6.92 Å². The number of hydrogen-bond donors (Lipinski definition) is 2. The van der Waals surface area contributed by atoms with Crippen LogP contribution in [-0.2, 0) is 11.3 Å². The lowest BCUT2D eigenvalue weighted by Gasteiger charge is -2.10. The molecule has 17 heavy (non-hydrogen) atoms. The standard InChI is InChI=1S/C12H18N2O2.ClH/c1-9-4-5-10(11(6-9)16-3)7-14-12(15)8-13-2;/h4-6,13H,7-8H2,1-3H3,(H,14,15);1H. The Morgan fingerprint density at radius 2 is 2.12 bits per heavy atom. The molecule has 0 saturated heterocycles. The van der Waals surface area contributed by atoms with Crippen molar-refractivity contribution >= 4 is 18.3 Å². The zero-order chi connectivity index (χ0) is 12.0. The molecule has 2 N–H and O–H groups in total. The Morgan fingerprint density at radius 1 is 1.41 bits per heavy atom. The van der Waals surface area contributed by atoms with Gasteiger partial charge >= 0.3 is 0 Å². The summed E-state index contributed by atoms with van der Waals surface area (Å²) in [5.74, 6) is 0.787. The van der Waals surface area contributed by atoms with E-state index >= 15 is 0 Å². The topological polar surface area (TPSA) is 50.4 Å². The van der Waals surface area contributed by atoms with E-state index < -0.39 is 0 Å². The Labute approximate surface area is 108 Å². The molecule has 0 atom stereocenters. The second-order valence-corrected chi connectivity index (χ2v) is 3.62. The van der Waals surface area contributed by atoms with Gasteiger partial charge in [0.15, 0.2) is 0 Å². The third-order valence-corrected chi connectivity index (χ3v) is 2.26. The highest BCUT2D eigenvalue weighted by Crippen LogP contribution is 2.19.